The number of likely N-dealkylation sites (N-methyl/N-ethyl adjacent to an activating group) is 1. The number of hydrogen-bond acceptors (Lipinski definition) is 3. The van der Waals surface area contributed by atoms with Gasteiger partial charge >= 0.3 is 12.0 Å². The van der Waals surface area contributed by atoms with Crippen LogP contribution in [0.4, 0.5) is 4.79 Å². The second-order valence-corrected chi connectivity index (χ2v) is 6.63. The molecule has 0 saturated heterocycles. The Morgan fingerprint density at radius 1 is 1.14 bits per heavy atom. The van der Waals surface area contributed by atoms with Crippen LogP contribution in [0.1, 0.15) is 51.9 Å². The van der Waals surface area contributed by atoms with Crippen LogP contribution in [0.25, 0.3) is 0 Å². The Morgan fingerprint density at radius 3 is 2.32 bits per heavy atom. The molecule has 0 atom stereocenters. The summed E-state index contributed by atoms with van der Waals surface area (Å²) in [5, 5.41) is 12.0. The molecule has 2 N–H and O–H groups in total. The fourth-order valence-corrected chi connectivity index (χ4v) is 3.59. The molecule has 2 saturated carbocycles. The second-order valence-electron chi connectivity index (χ2n) is 6.63. The fourth-order valence-electron chi connectivity index (χ4n) is 3.59. The monoisotopic (exact) mass is 311 g/mol. The molecule has 0 heterocycles. The summed E-state index contributed by atoms with van der Waals surface area (Å²) >= 11 is 0. The molecule has 2 fully saturated rings. The number of hydrogen-bond donors (Lipinski definition) is 2. The first-order chi connectivity index (χ1) is 10.5. The van der Waals surface area contributed by atoms with Gasteiger partial charge in [0.1, 0.15) is 0 Å². The number of amides is 2. The lowest BCUT2D eigenvalue weighted by Crippen LogP contribution is -2.57. The van der Waals surface area contributed by atoms with Crippen LogP contribution in [-0.4, -0.2) is 65.2 Å². The lowest BCUT2D eigenvalue weighted by molar-refractivity contribution is -0.139. The lowest BCUT2D eigenvalue weighted by atomic mass is 9.85. The van der Waals surface area contributed by atoms with Gasteiger partial charge in [-0.05, 0) is 32.2 Å². The summed E-state index contributed by atoms with van der Waals surface area (Å²) in [4.78, 5) is 26.9. The van der Waals surface area contributed by atoms with Gasteiger partial charge in [0.25, 0.3) is 0 Å². The van der Waals surface area contributed by atoms with Crippen LogP contribution in [0.3, 0.4) is 0 Å². The van der Waals surface area contributed by atoms with E-state index in [1.54, 1.807) is 0 Å². The Labute approximate surface area is 132 Å². The molecule has 2 aliphatic rings. The van der Waals surface area contributed by atoms with Gasteiger partial charge in [0, 0.05) is 25.2 Å². The van der Waals surface area contributed by atoms with Crippen LogP contribution in [0.2, 0.25) is 0 Å². The maximum absolute atomic E-state index is 12.3. The summed E-state index contributed by atoms with van der Waals surface area (Å²) in [6, 6.07) is 0.873. The molecule has 0 aromatic carbocycles. The quantitative estimate of drug-likeness (QED) is 0.786. The van der Waals surface area contributed by atoms with Crippen molar-refractivity contribution in [3.05, 3.63) is 0 Å². The van der Waals surface area contributed by atoms with E-state index in [1.165, 1.54) is 19.3 Å². The van der Waals surface area contributed by atoms with Gasteiger partial charge in [-0.1, -0.05) is 26.2 Å². The van der Waals surface area contributed by atoms with Crippen molar-refractivity contribution < 1.29 is 14.7 Å². The minimum atomic E-state index is -0.786. The number of carbonyl (C=O) groups excluding carboxylic acids is 1. The maximum atomic E-state index is 12.3. The van der Waals surface area contributed by atoms with Gasteiger partial charge in [-0.15, -0.1) is 0 Å². The zero-order chi connectivity index (χ0) is 16.1. The molecule has 0 aliphatic heterocycles. The Morgan fingerprint density at radius 2 is 1.77 bits per heavy atom. The van der Waals surface area contributed by atoms with Gasteiger partial charge in [-0.3, -0.25) is 9.69 Å². The third-order valence-corrected chi connectivity index (χ3v) is 5.14. The molecular formula is C16H29N3O3. The maximum Gasteiger partial charge on any atom is 0.317 e. The number of carboxylic acids is 1. The smallest absolute Gasteiger partial charge is 0.317 e. The summed E-state index contributed by atoms with van der Waals surface area (Å²) in [5.74, 6) is -0.786. The molecule has 0 bridgehead atoms. The van der Waals surface area contributed by atoms with Gasteiger partial charge in [0.2, 0.25) is 0 Å². The second kappa shape index (κ2) is 7.81. The van der Waals surface area contributed by atoms with Crippen molar-refractivity contribution in [2.75, 3.05) is 20.1 Å². The van der Waals surface area contributed by atoms with Gasteiger partial charge in [-0.25, -0.2) is 4.79 Å². The zero-order valence-electron chi connectivity index (χ0n) is 13.8. The molecule has 126 valence electrons. The first-order valence-electron chi connectivity index (χ1n) is 8.50. The van der Waals surface area contributed by atoms with E-state index in [9.17, 15) is 9.59 Å². The Kier molecular flexibility index (Phi) is 6.06. The molecule has 22 heavy (non-hydrogen) atoms. The molecular weight excluding hydrogens is 282 g/mol. The molecule has 0 radical (unpaired) electrons. The summed E-state index contributed by atoms with van der Waals surface area (Å²) < 4.78 is 0. The highest BCUT2D eigenvalue weighted by molar-refractivity contribution is 5.74. The summed E-state index contributed by atoms with van der Waals surface area (Å²) in [6.45, 7) is 2.80. The Hall–Kier alpha value is -1.30. The Bertz CT molecular complexity index is 390. The number of aliphatic carboxylic acids is 1. The highest BCUT2D eigenvalue weighted by atomic mass is 16.4. The molecule has 0 spiro atoms. The van der Waals surface area contributed by atoms with Crippen molar-refractivity contribution in [3.8, 4) is 0 Å². The first kappa shape index (κ1) is 17.1. The van der Waals surface area contributed by atoms with E-state index in [4.69, 9.17) is 5.11 Å². The Balaban J connectivity index is 1.72. The molecule has 2 aliphatic carbocycles. The highest BCUT2D eigenvalue weighted by Crippen LogP contribution is 2.26. The first-order valence-corrected chi connectivity index (χ1v) is 8.50. The number of rotatable bonds is 6. The molecule has 6 nitrogen and oxygen atoms in total. The summed E-state index contributed by atoms with van der Waals surface area (Å²) in [5.41, 5.74) is 0. The van der Waals surface area contributed by atoms with Crippen LogP contribution in [-0.2, 0) is 4.79 Å². The largest absolute Gasteiger partial charge is 0.480 e. The minimum absolute atomic E-state index is 0.0247. The molecule has 0 aromatic rings. The van der Waals surface area contributed by atoms with Crippen molar-refractivity contribution in [2.24, 2.45) is 0 Å². The van der Waals surface area contributed by atoms with Crippen molar-refractivity contribution in [2.45, 2.75) is 70.0 Å². The van der Waals surface area contributed by atoms with E-state index < -0.39 is 5.97 Å². The van der Waals surface area contributed by atoms with Crippen molar-refractivity contribution in [1.29, 1.82) is 0 Å². The third-order valence-electron chi connectivity index (χ3n) is 5.14. The molecule has 0 aromatic heterocycles. The summed E-state index contributed by atoms with van der Waals surface area (Å²) in [6.07, 6.45) is 7.64. The van der Waals surface area contributed by atoms with E-state index >= 15 is 0 Å². The zero-order valence-corrected chi connectivity index (χ0v) is 13.8. The van der Waals surface area contributed by atoms with E-state index in [0.29, 0.717) is 6.04 Å². The van der Waals surface area contributed by atoms with Crippen LogP contribution in [0, 0.1) is 0 Å². The standard InChI is InChI=1S/C16H29N3O3/c1-3-19(11-15(20)21)14-9-12(10-14)17-16(22)18(2)13-7-5-4-6-8-13/h12-14H,3-11H2,1-2H3,(H,17,22)(H,20,21). The molecule has 0 unspecified atom stereocenters. The van der Waals surface area contributed by atoms with Crippen LogP contribution < -0.4 is 5.32 Å². The topological polar surface area (TPSA) is 72.9 Å². The number of nitrogens with zero attached hydrogens (tertiary/aromatic N) is 2. The van der Waals surface area contributed by atoms with Crippen LogP contribution in [0.5, 0.6) is 0 Å². The van der Waals surface area contributed by atoms with E-state index in [-0.39, 0.29) is 24.7 Å². The van der Waals surface area contributed by atoms with E-state index in [1.807, 2.05) is 23.8 Å². The SMILES string of the molecule is CCN(CC(=O)O)C1CC(NC(=O)N(C)C2CCCCC2)C1. The van der Waals surface area contributed by atoms with E-state index in [0.717, 1.165) is 32.2 Å². The number of nitrogens with one attached hydrogen (secondary N) is 1. The third kappa shape index (κ3) is 4.35. The van der Waals surface area contributed by atoms with Crippen LogP contribution in [0.15, 0.2) is 0 Å². The van der Waals surface area contributed by atoms with Crippen molar-refractivity contribution >= 4 is 12.0 Å². The predicted molar refractivity (Wildman–Crippen MR) is 84.9 cm³/mol. The van der Waals surface area contributed by atoms with Gasteiger partial charge in [-0.2, -0.15) is 0 Å². The van der Waals surface area contributed by atoms with E-state index in [2.05, 4.69) is 5.32 Å². The average molecular weight is 311 g/mol. The van der Waals surface area contributed by atoms with Gasteiger partial charge in [0.15, 0.2) is 0 Å². The molecule has 6 heteroatoms. The van der Waals surface area contributed by atoms with Crippen LogP contribution >= 0.6 is 0 Å². The van der Waals surface area contributed by atoms with Gasteiger partial charge in [0.05, 0.1) is 6.54 Å². The van der Waals surface area contributed by atoms with Crippen molar-refractivity contribution in [3.63, 3.8) is 0 Å². The molecule has 2 rings (SSSR count). The fraction of sp³-hybridized carbons (Fsp3) is 0.875. The highest BCUT2D eigenvalue weighted by Gasteiger charge is 2.35. The van der Waals surface area contributed by atoms with Crippen molar-refractivity contribution in [1.82, 2.24) is 15.1 Å². The lowest BCUT2D eigenvalue weighted by Gasteiger charge is -2.43. The normalized spacial score (nSPS) is 25.6. The minimum Gasteiger partial charge on any atom is -0.480 e. The predicted octanol–water partition coefficient (Wildman–Crippen LogP) is 1.90. The van der Waals surface area contributed by atoms with Gasteiger partial charge < -0.3 is 15.3 Å². The summed E-state index contributed by atoms with van der Waals surface area (Å²) in [7, 11) is 1.89. The number of carbonyl (C=O) groups is 2. The number of urea groups is 1. The molecule has 2 amide bonds. The average Bonchev–Trinajstić information content (AvgIpc) is 2.48. The number of carboxylic acid groups (broad SMARTS) is 1.